The topological polar surface area (TPSA) is 81.9 Å². The van der Waals surface area contributed by atoms with Crippen LogP contribution in [0.3, 0.4) is 0 Å². The van der Waals surface area contributed by atoms with E-state index in [0.29, 0.717) is 50.6 Å². The van der Waals surface area contributed by atoms with Crippen LogP contribution in [0.5, 0.6) is 11.5 Å². The number of nitrogens with zero attached hydrogens (tertiary/aromatic N) is 1. The van der Waals surface area contributed by atoms with Gasteiger partial charge in [-0.2, -0.15) is 4.31 Å². The third kappa shape index (κ3) is 3.26. The van der Waals surface area contributed by atoms with Gasteiger partial charge in [-0.05, 0) is 25.0 Å². The maximum absolute atomic E-state index is 12.6. The van der Waals surface area contributed by atoms with E-state index in [1.54, 1.807) is 18.2 Å². The Labute approximate surface area is 130 Å². The summed E-state index contributed by atoms with van der Waals surface area (Å²) in [5.74, 6) is 1.09. The van der Waals surface area contributed by atoms with E-state index in [1.807, 2.05) is 0 Å². The van der Waals surface area contributed by atoms with E-state index in [2.05, 4.69) is 0 Å². The van der Waals surface area contributed by atoms with E-state index in [1.165, 1.54) is 4.31 Å². The maximum Gasteiger partial charge on any atom is 0.243 e. The number of fused-ring (bicyclic) bond motifs is 1. The van der Waals surface area contributed by atoms with Crippen molar-refractivity contribution in [3.05, 3.63) is 18.2 Å². The first-order valence-electron chi connectivity index (χ1n) is 6.73. The van der Waals surface area contributed by atoms with E-state index in [9.17, 15) is 8.42 Å². The number of ether oxygens (including phenoxy) is 2. The summed E-state index contributed by atoms with van der Waals surface area (Å²) in [6.45, 7) is 1.87. The second-order valence-electron chi connectivity index (χ2n) is 5.05. The van der Waals surface area contributed by atoms with Crippen molar-refractivity contribution >= 4 is 22.4 Å². The second-order valence-corrected chi connectivity index (χ2v) is 6.98. The Balaban J connectivity index is 0.00000161. The summed E-state index contributed by atoms with van der Waals surface area (Å²) in [7, 11) is -3.48. The molecular weight excluding hydrogens is 316 g/mol. The first-order valence-corrected chi connectivity index (χ1v) is 8.17. The van der Waals surface area contributed by atoms with Crippen LogP contribution in [0.4, 0.5) is 0 Å². The van der Waals surface area contributed by atoms with Gasteiger partial charge < -0.3 is 15.2 Å². The number of rotatable bonds is 2. The highest BCUT2D eigenvalue weighted by molar-refractivity contribution is 7.89. The molecule has 0 aromatic heterocycles. The smallest absolute Gasteiger partial charge is 0.243 e. The molecule has 1 fully saturated rings. The Kier molecular flexibility index (Phi) is 4.98. The fraction of sp³-hybridized carbons (Fsp3) is 0.538. The summed E-state index contributed by atoms with van der Waals surface area (Å²) in [5, 5.41) is 0. The van der Waals surface area contributed by atoms with Gasteiger partial charge in [0.25, 0.3) is 0 Å². The highest BCUT2D eigenvalue weighted by atomic mass is 35.5. The van der Waals surface area contributed by atoms with E-state index in [0.717, 1.165) is 0 Å². The SMILES string of the molecule is Cl.NC1CCN(S(=O)(=O)c2ccc3c(c2)OCCO3)CC1. The number of nitrogens with two attached hydrogens (primary N) is 1. The molecule has 6 nitrogen and oxygen atoms in total. The van der Waals surface area contributed by atoms with Gasteiger partial charge in [0.2, 0.25) is 10.0 Å². The second kappa shape index (κ2) is 6.39. The van der Waals surface area contributed by atoms with Gasteiger partial charge in [-0.3, -0.25) is 0 Å². The van der Waals surface area contributed by atoms with E-state index < -0.39 is 10.0 Å². The molecule has 1 saturated heterocycles. The first-order chi connectivity index (χ1) is 9.57. The zero-order valence-electron chi connectivity index (χ0n) is 11.5. The molecule has 1 aromatic carbocycles. The Bertz CT molecular complexity index is 600. The predicted octanol–water partition coefficient (Wildman–Crippen LogP) is 0.991. The van der Waals surface area contributed by atoms with Crippen LogP contribution in [-0.4, -0.2) is 45.1 Å². The molecule has 0 atom stereocenters. The van der Waals surface area contributed by atoms with Crippen LogP contribution >= 0.6 is 12.4 Å². The Morgan fingerprint density at radius 3 is 2.38 bits per heavy atom. The largest absolute Gasteiger partial charge is 0.486 e. The number of sulfonamides is 1. The minimum absolute atomic E-state index is 0. The highest BCUT2D eigenvalue weighted by Crippen LogP contribution is 2.33. The monoisotopic (exact) mass is 334 g/mol. The van der Waals surface area contributed by atoms with Gasteiger partial charge in [0, 0.05) is 25.2 Å². The van der Waals surface area contributed by atoms with Crippen LogP contribution in [0.1, 0.15) is 12.8 Å². The van der Waals surface area contributed by atoms with Gasteiger partial charge in [-0.25, -0.2) is 8.42 Å². The van der Waals surface area contributed by atoms with Crippen molar-refractivity contribution < 1.29 is 17.9 Å². The van der Waals surface area contributed by atoms with Crippen molar-refractivity contribution in [2.75, 3.05) is 26.3 Å². The minimum atomic E-state index is -3.48. The van der Waals surface area contributed by atoms with Gasteiger partial charge in [0.15, 0.2) is 11.5 Å². The third-order valence-corrected chi connectivity index (χ3v) is 5.54. The van der Waals surface area contributed by atoms with Crippen molar-refractivity contribution in [2.24, 2.45) is 5.73 Å². The van der Waals surface area contributed by atoms with Gasteiger partial charge in [0.1, 0.15) is 13.2 Å². The van der Waals surface area contributed by atoms with Gasteiger partial charge >= 0.3 is 0 Å². The molecule has 8 heteroatoms. The van der Waals surface area contributed by atoms with Crippen molar-refractivity contribution in [2.45, 2.75) is 23.8 Å². The molecule has 0 saturated carbocycles. The molecule has 0 aliphatic carbocycles. The molecule has 0 radical (unpaired) electrons. The molecule has 0 amide bonds. The molecule has 2 aliphatic heterocycles. The van der Waals surface area contributed by atoms with Gasteiger partial charge in [0.05, 0.1) is 4.90 Å². The number of hydrogen-bond acceptors (Lipinski definition) is 5. The summed E-state index contributed by atoms with van der Waals surface area (Å²) in [4.78, 5) is 0.247. The van der Waals surface area contributed by atoms with Crippen molar-refractivity contribution in [1.29, 1.82) is 0 Å². The Hall–Kier alpha value is -1.02. The first kappa shape index (κ1) is 16.4. The number of piperidine rings is 1. The van der Waals surface area contributed by atoms with Gasteiger partial charge in [-0.15, -0.1) is 12.4 Å². The number of hydrogen-bond donors (Lipinski definition) is 1. The molecule has 0 unspecified atom stereocenters. The average molecular weight is 335 g/mol. The molecule has 2 heterocycles. The van der Waals surface area contributed by atoms with Gasteiger partial charge in [-0.1, -0.05) is 0 Å². The molecule has 0 spiro atoms. The fourth-order valence-electron chi connectivity index (χ4n) is 2.45. The summed E-state index contributed by atoms with van der Waals surface area (Å²) < 4.78 is 37.5. The fourth-order valence-corrected chi connectivity index (χ4v) is 3.93. The average Bonchev–Trinajstić information content (AvgIpc) is 2.47. The maximum atomic E-state index is 12.6. The molecule has 2 N–H and O–H groups in total. The summed E-state index contributed by atoms with van der Waals surface area (Å²) >= 11 is 0. The van der Waals surface area contributed by atoms with Crippen molar-refractivity contribution in [3.8, 4) is 11.5 Å². The van der Waals surface area contributed by atoms with E-state index in [4.69, 9.17) is 15.2 Å². The van der Waals surface area contributed by atoms with Crippen LogP contribution < -0.4 is 15.2 Å². The number of benzene rings is 1. The molecule has 3 rings (SSSR count). The lowest BCUT2D eigenvalue weighted by Gasteiger charge is -2.29. The molecule has 21 heavy (non-hydrogen) atoms. The standard InChI is InChI=1S/C13H18N2O4S.ClH/c14-10-3-5-15(6-4-10)20(16,17)11-1-2-12-13(9-11)19-8-7-18-12;/h1-2,9-10H,3-8,14H2;1H. The number of halogens is 1. The lowest BCUT2D eigenvalue weighted by molar-refractivity contribution is 0.171. The summed E-state index contributed by atoms with van der Waals surface area (Å²) in [6.07, 6.45) is 1.40. The van der Waals surface area contributed by atoms with Crippen molar-refractivity contribution in [3.63, 3.8) is 0 Å². The Morgan fingerprint density at radius 1 is 1.10 bits per heavy atom. The van der Waals surface area contributed by atoms with Crippen LogP contribution in [0, 0.1) is 0 Å². The zero-order chi connectivity index (χ0) is 14.2. The summed E-state index contributed by atoms with van der Waals surface area (Å²) in [5.41, 5.74) is 5.81. The zero-order valence-corrected chi connectivity index (χ0v) is 13.2. The lowest BCUT2D eigenvalue weighted by atomic mass is 10.1. The Morgan fingerprint density at radius 2 is 1.71 bits per heavy atom. The van der Waals surface area contributed by atoms with Crippen LogP contribution in [0.2, 0.25) is 0 Å². The normalized spacial score (nSPS) is 19.9. The minimum Gasteiger partial charge on any atom is -0.486 e. The lowest BCUT2D eigenvalue weighted by Crippen LogP contribution is -2.42. The highest BCUT2D eigenvalue weighted by Gasteiger charge is 2.29. The third-order valence-electron chi connectivity index (χ3n) is 3.65. The van der Waals surface area contributed by atoms with E-state index in [-0.39, 0.29) is 23.3 Å². The molecular formula is C13H19ClN2O4S. The van der Waals surface area contributed by atoms with E-state index >= 15 is 0 Å². The molecule has 1 aromatic rings. The van der Waals surface area contributed by atoms with Crippen molar-refractivity contribution in [1.82, 2.24) is 4.31 Å². The molecule has 0 bridgehead atoms. The van der Waals surface area contributed by atoms with Crippen LogP contribution in [0.25, 0.3) is 0 Å². The predicted molar refractivity (Wildman–Crippen MR) is 80.6 cm³/mol. The quantitative estimate of drug-likeness (QED) is 0.872. The summed E-state index contributed by atoms with van der Waals surface area (Å²) in [6, 6.07) is 4.86. The van der Waals surface area contributed by atoms with Crippen LogP contribution in [-0.2, 0) is 10.0 Å². The molecule has 118 valence electrons. The molecule has 2 aliphatic rings. The van der Waals surface area contributed by atoms with Crippen LogP contribution in [0.15, 0.2) is 23.1 Å².